The van der Waals surface area contributed by atoms with E-state index in [1.807, 2.05) is 0 Å². The van der Waals surface area contributed by atoms with Gasteiger partial charge in [0.15, 0.2) is 0 Å². The van der Waals surface area contributed by atoms with Gasteiger partial charge >= 0.3 is 0 Å². The van der Waals surface area contributed by atoms with Gasteiger partial charge in [0.2, 0.25) is 0 Å². The first-order chi connectivity index (χ1) is 9.17. The number of rotatable bonds is 3. The Balaban J connectivity index is 2.01. The van der Waals surface area contributed by atoms with Crippen LogP contribution in [0.3, 0.4) is 0 Å². The van der Waals surface area contributed by atoms with Crippen molar-refractivity contribution in [2.24, 2.45) is 5.92 Å². The van der Waals surface area contributed by atoms with Crippen LogP contribution < -0.4 is 5.19 Å². The lowest BCUT2D eigenvalue weighted by molar-refractivity contribution is 0.279. The minimum Gasteiger partial charge on any atom is -0.153 e. The molecule has 0 amide bonds. The number of allylic oxidation sites excluding steroid dienone is 1. The summed E-state index contributed by atoms with van der Waals surface area (Å²) in [6.45, 7) is 5.21. The molecule has 0 radical (unpaired) electrons. The predicted octanol–water partition coefficient (Wildman–Crippen LogP) is 4.37. The first-order valence-electron chi connectivity index (χ1n) is 7.51. The second-order valence-electron chi connectivity index (χ2n) is 6.49. The lowest BCUT2D eigenvalue weighted by atomic mass is 9.81. The SMILES string of the molecule is C[Si](C)(c1ccccc1)C1(C2CCC2)CC=CCS1. The van der Waals surface area contributed by atoms with Crippen molar-refractivity contribution in [1.82, 2.24) is 0 Å². The maximum absolute atomic E-state index is 2.60. The molecule has 1 aromatic rings. The summed E-state index contributed by atoms with van der Waals surface area (Å²) < 4.78 is 0.543. The summed E-state index contributed by atoms with van der Waals surface area (Å²) in [7, 11) is -1.45. The second kappa shape index (κ2) is 5.14. The molecule has 0 spiro atoms. The number of thioether (sulfide) groups is 1. The maximum atomic E-state index is 2.60. The molecule has 0 aromatic heterocycles. The van der Waals surface area contributed by atoms with Crippen LogP contribution in [0.2, 0.25) is 13.1 Å². The van der Waals surface area contributed by atoms with Gasteiger partial charge in [-0.2, -0.15) is 11.8 Å². The van der Waals surface area contributed by atoms with Crippen LogP contribution in [-0.2, 0) is 0 Å². The van der Waals surface area contributed by atoms with E-state index in [9.17, 15) is 0 Å². The van der Waals surface area contributed by atoms with Gasteiger partial charge in [-0.15, -0.1) is 0 Å². The van der Waals surface area contributed by atoms with Crippen molar-refractivity contribution < 1.29 is 0 Å². The van der Waals surface area contributed by atoms with Crippen molar-refractivity contribution in [2.45, 2.75) is 43.1 Å². The quantitative estimate of drug-likeness (QED) is 0.588. The van der Waals surface area contributed by atoms with Gasteiger partial charge in [0, 0.05) is 10.1 Å². The molecule has 1 unspecified atom stereocenters. The van der Waals surface area contributed by atoms with Crippen LogP contribution in [0.25, 0.3) is 0 Å². The topological polar surface area (TPSA) is 0 Å². The second-order valence-corrected chi connectivity index (χ2v) is 12.9. The first kappa shape index (κ1) is 13.5. The van der Waals surface area contributed by atoms with Crippen LogP contribution in [0.4, 0.5) is 0 Å². The Morgan fingerprint density at radius 3 is 2.37 bits per heavy atom. The lowest BCUT2D eigenvalue weighted by Crippen LogP contribution is -2.65. The van der Waals surface area contributed by atoms with Gasteiger partial charge < -0.3 is 0 Å². The van der Waals surface area contributed by atoms with E-state index in [0.29, 0.717) is 4.37 Å². The van der Waals surface area contributed by atoms with Crippen molar-refractivity contribution >= 4 is 25.0 Å². The summed E-state index contributed by atoms with van der Waals surface area (Å²) >= 11 is 2.27. The summed E-state index contributed by atoms with van der Waals surface area (Å²) in [6, 6.07) is 11.4. The van der Waals surface area contributed by atoms with Gasteiger partial charge in [0.25, 0.3) is 0 Å². The Hall–Kier alpha value is -0.473. The van der Waals surface area contributed by atoms with Gasteiger partial charge in [-0.3, -0.25) is 0 Å². The molecular weight excluding hydrogens is 264 g/mol. The monoisotopic (exact) mass is 288 g/mol. The molecule has 1 heterocycles. The minimum atomic E-state index is -1.45. The highest BCUT2D eigenvalue weighted by molar-refractivity contribution is 8.02. The van der Waals surface area contributed by atoms with Crippen molar-refractivity contribution in [3.05, 3.63) is 42.5 Å². The summed E-state index contributed by atoms with van der Waals surface area (Å²) in [6.07, 6.45) is 10.5. The molecule has 102 valence electrons. The number of benzene rings is 1. The van der Waals surface area contributed by atoms with Crippen molar-refractivity contribution in [3.63, 3.8) is 0 Å². The van der Waals surface area contributed by atoms with Crippen molar-refractivity contribution in [3.8, 4) is 0 Å². The summed E-state index contributed by atoms with van der Waals surface area (Å²) in [5.41, 5.74) is 0. The molecule has 1 aliphatic carbocycles. The Bertz CT molecular complexity index is 461. The molecule has 1 aromatic carbocycles. The van der Waals surface area contributed by atoms with Gasteiger partial charge in [0.1, 0.15) is 0 Å². The average molecular weight is 289 g/mol. The fraction of sp³-hybridized carbons (Fsp3) is 0.529. The van der Waals surface area contributed by atoms with E-state index in [2.05, 4.69) is 67.3 Å². The largest absolute Gasteiger partial charge is 0.153 e. The molecule has 19 heavy (non-hydrogen) atoms. The third kappa shape index (κ3) is 2.13. The maximum Gasteiger partial charge on any atom is 0.0983 e. The molecular formula is C17H24SSi. The normalized spacial score (nSPS) is 28.1. The Morgan fingerprint density at radius 2 is 1.84 bits per heavy atom. The third-order valence-electron chi connectivity index (χ3n) is 5.34. The van der Waals surface area contributed by atoms with Gasteiger partial charge in [-0.05, 0) is 25.2 Å². The molecule has 1 aliphatic heterocycles. The molecule has 0 bridgehead atoms. The predicted molar refractivity (Wildman–Crippen MR) is 89.8 cm³/mol. The summed E-state index contributed by atoms with van der Waals surface area (Å²) in [4.78, 5) is 0. The van der Waals surface area contributed by atoms with Crippen LogP contribution in [0.15, 0.2) is 42.5 Å². The van der Waals surface area contributed by atoms with Crippen LogP contribution in [0.5, 0.6) is 0 Å². The smallest absolute Gasteiger partial charge is 0.0983 e. The van der Waals surface area contributed by atoms with E-state index in [1.165, 1.54) is 31.4 Å². The molecule has 2 aliphatic rings. The fourth-order valence-electron chi connectivity index (χ4n) is 3.79. The fourth-order valence-corrected chi connectivity index (χ4v) is 10.5. The Kier molecular flexibility index (Phi) is 3.65. The number of hydrogen-bond acceptors (Lipinski definition) is 1. The standard InChI is InChI=1S/C17H24SSi/c1-19(2,16-11-4-3-5-12-16)17(15-9-8-10-15)13-6-7-14-18-17/h3-7,11-12,15H,8-10,13-14H2,1-2H3. The highest BCUT2D eigenvalue weighted by Gasteiger charge is 2.54. The highest BCUT2D eigenvalue weighted by Crippen LogP contribution is 2.53. The van der Waals surface area contributed by atoms with Crippen LogP contribution in [0, 0.1) is 5.92 Å². The molecule has 0 N–H and O–H groups in total. The molecule has 0 saturated heterocycles. The summed E-state index contributed by atoms with van der Waals surface area (Å²) in [5, 5.41) is 1.64. The van der Waals surface area contributed by atoms with Gasteiger partial charge in [-0.25, -0.2) is 0 Å². The zero-order chi connectivity index (χ0) is 13.3. The van der Waals surface area contributed by atoms with E-state index < -0.39 is 8.07 Å². The Morgan fingerprint density at radius 1 is 1.11 bits per heavy atom. The molecule has 2 heteroatoms. The van der Waals surface area contributed by atoms with Gasteiger partial charge in [-0.1, -0.05) is 67.2 Å². The number of hydrogen-bond donors (Lipinski definition) is 0. The van der Waals surface area contributed by atoms with E-state index in [1.54, 1.807) is 5.19 Å². The van der Waals surface area contributed by atoms with Crippen LogP contribution in [-0.4, -0.2) is 18.2 Å². The molecule has 1 saturated carbocycles. The highest BCUT2D eigenvalue weighted by atomic mass is 32.2. The van der Waals surface area contributed by atoms with E-state index >= 15 is 0 Å². The zero-order valence-corrected chi connectivity index (χ0v) is 13.9. The molecule has 0 nitrogen and oxygen atoms in total. The van der Waals surface area contributed by atoms with E-state index in [4.69, 9.17) is 0 Å². The van der Waals surface area contributed by atoms with E-state index in [0.717, 1.165) is 5.92 Å². The molecule has 1 fully saturated rings. The van der Waals surface area contributed by atoms with Crippen LogP contribution in [0.1, 0.15) is 25.7 Å². The van der Waals surface area contributed by atoms with Crippen molar-refractivity contribution in [2.75, 3.05) is 5.75 Å². The molecule has 3 rings (SSSR count). The minimum absolute atomic E-state index is 0.543. The molecule has 1 atom stereocenters. The zero-order valence-electron chi connectivity index (χ0n) is 12.1. The van der Waals surface area contributed by atoms with Crippen LogP contribution >= 0.6 is 11.8 Å². The van der Waals surface area contributed by atoms with Crippen molar-refractivity contribution in [1.29, 1.82) is 0 Å². The first-order valence-corrected chi connectivity index (χ1v) is 11.5. The average Bonchev–Trinajstić information content (AvgIpc) is 2.39. The Labute approximate surface area is 122 Å². The van der Waals surface area contributed by atoms with Gasteiger partial charge in [0.05, 0.1) is 8.07 Å². The van der Waals surface area contributed by atoms with E-state index in [-0.39, 0.29) is 0 Å². The lowest BCUT2D eigenvalue weighted by Gasteiger charge is -2.54. The third-order valence-corrected chi connectivity index (χ3v) is 13.2. The summed E-state index contributed by atoms with van der Waals surface area (Å²) in [5.74, 6) is 2.18.